The standard InChI is InChI=1S/C24H30N4O3S/c1-4-27(5-2)16-17-6-8-18(9-7-17)23(29)26-24-25-21-20(30-3)11-10-19(22(21)32-24)28-12-14-31-15-13-28/h6-11H,4-5,12-16H2,1-3H3,(H,25,26,29). The van der Waals surface area contributed by atoms with E-state index in [1.807, 2.05) is 30.3 Å². The van der Waals surface area contributed by atoms with Crippen LogP contribution in [0.5, 0.6) is 5.75 Å². The quantitative estimate of drug-likeness (QED) is 0.549. The van der Waals surface area contributed by atoms with E-state index in [-0.39, 0.29) is 5.91 Å². The van der Waals surface area contributed by atoms with Gasteiger partial charge in [0.2, 0.25) is 0 Å². The molecule has 32 heavy (non-hydrogen) atoms. The molecule has 1 aromatic heterocycles. The number of anilines is 2. The van der Waals surface area contributed by atoms with Crippen molar-refractivity contribution in [2.24, 2.45) is 0 Å². The summed E-state index contributed by atoms with van der Waals surface area (Å²) in [5.41, 5.74) is 3.69. The molecule has 1 aliphatic heterocycles. The molecular weight excluding hydrogens is 424 g/mol. The van der Waals surface area contributed by atoms with Crippen LogP contribution in [0.1, 0.15) is 29.8 Å². The van der Waals surface area contributed by atoms with Crippen LogP contribution in [-0.4, -0.2) is 62.3 Å². The average Bonchev–Trinajstić information content (AvgIpc) is 3.26. The second-order valence-electron chi connectivity index (χ2n) is 7.70. The van der Waals surface area contributed by atoms with Gasteiger partial charge in [-0.1, -0.05) is 37.3 Å². The van der Waals surface area contributed by atoms with Crippen LogP contribution in [0.2, 0.25) is 0 Å². The molecule has 1 fully saturated rings. The van der Waals surface area contributed by atoms with Gasteiger partial charge in [-0.3, -0.25) is 15.0 Å². The molecule has 0 spiro atoms. The van der Waals surface area contributed by atoms with Crippen LogP contribution in [-0.2, 0) is 11.3 Å². The first-order valence-electron chi connectivity index (χ1n) is 11.1. The van der Waals surface area contributed by atoms with Crippen molar-refractivity contribution in [2.75, 3.05) is 56.7 Å². The summed E-state index contributed by atoms with van der Waals surface area (Å²) in [6.45, 7) is 10.3. The van der Waals surface area contributed by atoms with Crippen molar-refractivity contribution in [2.45, 2.75) is 20.4 Å². The lowest BCUT2D eigenvalue weighted by Crippen LogP contribution is -2.36. The summed E-state index contributed by atoms with van der Waals surface area (Å²) in [5.74, 6) is 0.542. The molecule has 4 rings (SSSR count). The van der Waals surface area contributed by atoms with Gasteiger partial charge in [-0.2, -0.15) is 0 Å². The van der Waals surface area contributed by atoms with Gasteiger partial charge in [0.15, 0.2) is 5.13 Å². The monoisotopic (exact) mass is 454 g/mol. The number of nitrogens with zero attached hydrogens (tertiary/aromatic N) is 3. The number of nitrogens with one attached hydrogen (secondary N) is 1. The molecule has 1 aliphatic rings. The van der Waals surface area contributed by atoms with E-state index >= 15 is 0 Å². The van der Waals surface area contributed by atoms with E-state index in [1.165, 1.54) is 16.9 Å². The molecule has 0 unspecified atom stereocenters. The fourth-order valence-electron chi connectivity index (χ4n) is 3.88. The van der Waals surface area contributed by atoms with E-state index in [1.54, 1.807) is 7.11 Å². The summed E-state index contributed by atoms with van der Waals surface area (Å²) in [6.07, 6.45) is 0. The Morgan fingerprint density at radius 1 is 1.16 bits per heavy atom. The maximum atomic E-state index is 12.9. The van der Waals surface area contributed by atoms with E-state index in [0.717, 1.165) is 48.6 Å². The Labute approximate surface area is 192 Å². The van der Waals surface area contributed by atoms with E-state index in [4.69, 9.17) is 9.47 Å². The Balaban J connectivity index is 1.54. The first-order chi connectivity index (χ1) is 15.6. The van der Waals surface area contributed by atoms with Gasteiger partial charge in [-0.25, -0.2) is 4.98 Å². The summed E-state index contributed by atoms with van der Waals surface area (Å²) in [6, 6.07) is 11.8. The summed E-state index contributed by atoms with van der Waals surface area (Å²) >= 11 is 1.48. The maximum absolute atomic E-state index is 12.9. The third-order valence-corrected chi connectivity index (χ3v) is 6.79. The summed E-state index contributed by atoms with van der Waals surface area (Å²) in [7, 11) is 1.64. The molecule has 3 aromatic rings. The van der Waals surface area contributed by atoms with Crippen LogP contribution in [0.25, 0.3) is 10.2 Å². The number of thiazole rings is 1. The second kappa shape index (κ2) is 10.3. The van der Waals surface area contributed by atoms with Gasteiger partial charge in [-0.15, -0.1) is 0 Å². The van der Waals surface area contributed by atoms with Crippen molar-refractivity contribution in [1.29, 1.82) is 0 Å². The van der Waals surface area contributed by atoms with Crippen molar-refractivity contribution in [3.05, 3.63) is 47.5 Å². The van der Waals surface area contributed by atoms with E-state index in [0.29, 0.717) is 29.7 Å². The molecule has 7 nitrogen and oxygen atoms in total. The number of fused-ring (bicyclic) bond motifs is 1. The largest absolute Gasteiger partial charge is 0.494 e. The average molecular weight is 455 g/mol. The minimum atomic E-state index is -0.162. The fraction of sp³-hybridized carbons (Fsp3) is 0.417. The fourth-order valence-corrected chi connectivity index (χ4v) is 4.90. The highest BCUT2D eigenvalue weighted by Crippen LogP contribution is 2.39. The van der Waals surface area contributed by atoms with E-state index < -0.39 is 0 Å². The number of morpholine rings is 1. The van der Waals surface area contributed by atoms with Crippen molar-refractivity contribution in [1.82, 2.24) is 9.88 Å². The van der Waals surface area contributed by atoms with Crippen molar-refractivity contribution in [3.8, 4) is 5.75 Å². The third-order valence-electron chi connectivity index (χ3n) is 5.79. The van der Waals surface area contributed by atoms with Crippen molar-refractivity contribution >= 4 is 38.3 Å². The lowest BCUT2D eigenvalue weighted by molar-refractivity contribution is 0.102. The van der Waals surface area contributed by atoms with E-state index in [2.05, 4.69) is 40.0 Å². The van der Waals surface area contributed by atoms with E-state index in [9.17, 15) is 4.79 Å². The SMILES string of the molecule is CCN(CC)Cc1ccc(C(=O)Nc2nc3c(OC)ccc(N4CCOCC4)c3s2)cc1. The molecular formula is C24H30N4O3S. The minimum absolute atomic E-state index is 0.162. The topological polar surface area (TPSA) is 66.9 Å². The zero-order valence-electron chi connectivity index (χ0n) is 18.9. The van der Waals surface area contributed by atoms with Crippen LogP contribution in [0.15, 0.2) is 36.4 Å². The molecule has 2 aromatic carbocycles. The second-order valence-corrected chi connectivity index (χ2v) is 8.69. The highest BCUT2D eigenvalue weighted by atomic mass is 32.1. The zero-order chi connectivity index (χ0) is 22.5. The smallest absolute Gasteiger partial charge is 0.257 e. The number of methoxy groups -OCH3 is 1. The number of carbonyl (C=O) groups excluding carboxylic acids is 1. The Morgan fingerprint density at radius 2 is 1.88 bits per heavy atom. The van der Waals surface area contributed by atoms with Gasteiger partial charge >= 0.3 is 0 Å². The number of aromatic nitrogens is 1. The molecule has 0 saturated carbocycles. The van der Waals surface area contributed by atoms with Crippen molar-refractivity contribution in [3.63, 3.8) is 0 Å². The number of carbonyl (C=O) groups is 1. The van der Waals surface area contributed by atoms with Gasteiger partial charge in [0.05, 0.1) is 30.7 Å². The Hall–Kier alpha value is -2.68. The van der Waals surface area contributed by atoms with Gasteiger partial charge in [0.1, 0.15) is 11.3 Å². The highest BCUT2D eigenvalue weighted by Gasteiger charge is 2.20. The van der Waals surface area contributed by atoms with Gasteiger partial charge in [-0.05, 0) is 42.9 Å². The Bertz CT molecular complexity index is 1060. The zero-order valence-corrected chi connectivity index (χ0v) is 19.7. The highest BCUT2D eigenvalue weighted by molar-refractivity contribution is 7.23. The number of hydrogen-bond donors (Lipinski definition) is 1. The van der Waals surface area contributed by atoms with Gasteiger partial charge in [0, 0.05) is 25.2 Å². The van der Waals surface area contributed by atoms with Crippen molar-refractivity contribution < 1.29 is 14.3 Å². The molecule has 170 valence electrons. The predicted molar refractivity (Wildman–Crippen MR) is 130 cm³/mol. The molecule has 1 N–H and O–H groups in total. The molecule has 0 atom stereocenters. The number of ether oxygens (including phenoxy) is 2. The molecule has 2 heterocycles. The minimum Gasteiger partial charge on any atom is -0.494 e. The maximum Gasteiger partial charge on any atom is 0.257 e. The van der Waals surface area contributed by atoms with Crippen LogP contribution >= 0.6 is 11.3 Å². The van der Waals surface area contributed by atoms with Crippen LogP contribution in [0, 0.1) is 0 Å². The summed E-state index contributed by atoms with van der Waals surface area (Å²) in [5, 5.41) is 3.54. The number of rotatable bonds is 8. The number of hydrogen-bond acceptors (Lipinski definition) is 7. The third kappa shape index (κ3) is 4.87. The van der Waals surface area contributed by atoms with Crippen LogP contribution in [0.3, 0.4) is 0 Å². The normalized spacial score (nSPS) is 14.2. The Morgan fingerprint density at radius 3 is 2.53 bits per heavy atom. The predicted octanol–water partition coefficient (Wildman–Crippen LogP) is 4.24. The molecule has 0 aliphatic carbocycles. The molecule has 0 bridgehead atoms. The lowest BCUT2D eigenvalue weighted by Gasteiger charge is -2.29. The summed E-state index contributed by atoms with van der Waals surface area (Å²) < 4.78 is 12.0. The van der Waals surface area contributed by atoms with Crippen LogP contribution < -0.4 is 15.0 Å². The van der Waals surface area contributed by atoms with Crippen LogP contribution in [0.4, 0.5) is 10.8 Å². The first-order valence-corrected chi connectivity index (χ1v) is 11.9. The Kier molecular flexibility index (Phi) is 7.24. The van der Waals surface area contributed by atoms with Gasteiger partial charge < -0.3 is 14.4 Å². The molecule has 0 radical (unpaired) electrons. The number of benzene rings is 2. The molecule has 1 amide bonds. The first kappa shape index (κ1) is 22.5. The number of amides is 1. The molecule has 8 heteroatoms. The lowest BCUT2D eigenvalue weighted by atomic mass is 10.1. The molecule has 1 saturated heterocycles. The summed E-state index contributed by atoms with van der Waals surface area (Å²) in [4.78, 5) is 22.2. The van der Waals surface area contributed by atoms with Gasteiger partial charge in [0.25, 0.3) is 5.91 Å².